The van der Waals surface area contributed by atoms with Crippen LogP contribution in [-0.4, -0.2) is 55.1 Å². The zero-order chi connectivity index (χ0) is 12.3. The first-order chi connectivity index (χ1) is 7.36. The van der Waals surface area contributed by atoms with Gasteiger partial charge in [-0.3, -0.25) is 9.80 Å². The first kappa shape index (κ1) is 13.9. The van der Waals surface area contributed by atoms with Crippen molar-refractivity contribution in [3.05, 3.63) is 0 Å². The Morgan fingerprint density at radius 3 is 2.31 bits per heavy atom. The van der Waals surface area contributed by atoms with E-state index in [2.05, 4.69) is 44.5 Å². The molecule has 1 aliphatic rings. The summed E-state index contributed by atoms with van der Waals surface area (Å²) in [4.78, 5) is 5.04. The van der Waals surface area contributed by atoms with Gasteiger partial charge in [0.05, 0.1) is 0 Å². The Hall–Kier alpha value is -0.120. The van der Waals surface area contributed by atoms with Crippen LogP contribution in [0.5, 0.6) is 0 Å². The fourth-order valence-electron chi connectivity index (χ4n) is 2.39. The summed E-state index contributed by atoms with van der Waals surface area (Å²) in [6.45, 7) is 14.7. The molecule has 1 unspecified atom stereocenters. The minimum absolute atomic E-state index is 0.300. The summed E-state index contributed by atoms with van der Waals surface area (Å²) in [5.41, 5.74) is 6.15. The van der Waals surface area contributed by atoms with Crippen LogP contribution < -0.4 is 5.73 Å². The fourth-order valence-corrected chi connectivity index (χ4v) is 2.39. The summed E-state index contributed by atoms with van der Waals surface area (Å²) in [6, 6.07) is 0. The highest BCUT2D eigenvalue weighted by Crippen LogP contribution is 2.21. The third kappa shape index (κ3) is 3.44. The summed E-state index contributed by atoms with van der Waals surface area (Å²) >= 11 is 0. The lowest BCUT2D eigenvalue weighted by atomic mass is 9.93. The number of hydrogen-bond donors (Lipinski definition) is 1. The summed E-state index contributed by atoms with van der Waals surface area (Å²) in [6.07, 6.45) is 0. The van der Waals surface area contributed by atoms with E-state index in [-0.39, 0.29) is 0 Å². The first-order valence-electron chi connectivity index (χ1n) is 6.50. The lowest BCUT2D eigenvalue weighted by Gasteiger charge is -2.46. The van der Waals surface area contributed by atoms with Gasteiger partial charge in [0, 0.05) is 31.7 Å². The maximum absolute atomic E-state index is 5.85. The second-order valence-corrected chi connectivity index (χ2v) is 6.21. The molecular weight excluding hydrogens is 198 g/mol. The maximum atomic E-state index is 5.85. The predicted octanol–water partition coefficient (Wildman–Crippen LogP) is 1.24. The van der Waals surface area contributed by atoms with Gasteiger partial charge in [0.2, 0.25) is 0 Å². The van der Waals surface area contributed by atoms with Crippen LogP contribution in [-0.2, 0) is 0 Å². The van der Waals surface area contributed by atoms with E-state index in [1.807, 2.05) is 0 Å². The molecule has 0 radical (unpaired) electrons. The van der Waals surface area contributed by atoms with Gasteiger partial charge in [-0.2, -0.15) is 0 Å². The number of likely N-dealkylation sites (N-methyl/N-ethyl adjacent to an activating group) is 1. The molecule has 0 spiro atoms. The molecule has 1 aliphatic heterocycles. The predicted molar refractivity (Wildman–Crippen MR) is 70.5 cm³/mol. The molecule has 3 nitrogen and oxygen atoms in total. The Morgan fingerprint density at radius 2 is 1.88 bits per heavy atom. The van der Waals surface area contributed by atoms with Crippen LogP contribution in [0.15, 0.2) is 0 Å². The quantitative estimate of drug-likeness (QED) is 0.784. The minimum Gasteiger partial charge on any atom is -0.330 e. The molecule has 16 heavy (non-hydrogen) atoms. The number of nitrogens with zero attached hydrogens (tertiary/aromatic N) is 2. The van der Waals surface area contributed by atoms with E-state index in [4.69, 9.17) is 5.73 Å². The molecule has 1 saturated heterocycles. The molecule has 1 rings (SSSR count). The fraction of sp³-hybridized carbons (Fsp3) is 1.00. The molecular formula is C13H29N3. The second kappa shape index (κ2) is 5.48. The average Bonchev–Trinajstić information content (AvgIpc) is 2.19. The average molecular weight is 227 g/mol. The van der Waals surface area contributed by atoms with Crippen molar-refractivity contribution in [2.24, 2.45) is 17.6 Å². The molecule has 1 fully saturated rings. The van der Waals surface area contributed by atoms with Crippen molar-refractivity contribution in [2.45, 2.75) is 33.2 Å². The van der Waals surface area contributed by atoms with E-state index < -0.39 is 0 Å². The van der Waals surface area contributed by atoms with Gasteiger partial charge in [0.15, 0.2) is 0 Å². The van der Waals surface area contributed by atoms with Gasteiger partial charge in [-0.05, 0) is 39.3 Å². The van der Waals surface area contributed by atoms with Crippen LogP contribution >= 0.6 is 0 Å². The molecule has 0 saturated carbocycles. The number of piperazine rings is 1. The topological polar surface area (TPSA) is 32.5 Å². The number of nitrogens with two attached hydrogens (primary N) is 1. The van der Waals surface area contributed by atoms with E-state index in [9.17, 15) is 0 Å². The van der Waals surface area contributed by atoms with Crippen molar-refractivity contribution in [2.75, 3.05) is 39.8 Å². The van der Waals surface area contributed by atoms with Crippen molar-refractivity contribution in [1.29, 1.82) is 0 Å². The molecule has 0 aromatic heterocycles. The van der Waals surface area contributed by atoms with Crippen molar-refractivity contribution < 1.29 is 0 Å². The van der Waals surface area contributed by atoms with Gasteiger partial charge in [-0.1, -0.05) is 13.8 Å². The summed E-state index contributed by atoms with van der Waals surface area (Å²) in [5, 5.41) is 0. The second-order valence-electron chi connectivity index (χ2n) is 6.21. The van der Waals surface area contributed by atoms with Crippen LogP contribution in [0.2, 0.25) is 0 Å². The van der Waals surface area contributed by atoms with Crippen LogP contribution in [0.25, 0.3) is 0 Å². The number of rotatable bonds is 4. The molecule has 0 bridgehead atoms. The smallest absolute Gasteiger partial charge is 0.0277 e. The van der Waals surface area contributed by atoms with Crippen molar-refractivity contribution in [1.82, 2.24) is 9.80 Å². The van der Waals surface area contributed by atoms with E-state index in [0.29, 0.717) is 17.4 Å². The molecule has 0 aliphatic carbocycles. The van der Waals surface area contributed by atoms with Gasteiger partial charge in [-0.25, -0.2) is 0 Å². The Morgan fingerprint density at radius 1 is 1.25 bits per heavy atom. The molecule has 0 amide bonds. The molecule has 0 aromatic carbocycles. The summed E-state index contributed by atoms with van der Waals surface area (Å²) in [5.74, 6) is 1.33. The Labute approximate surface area is 101 Å². The Bertz CT molecular complexity index is 213. The van der Waals surface area contributed by atoms with Crippen molar-refractivity contribution in [3.8, 4) is 0 Å². The monoisotopic (exact) mass is 227 g/mol. The van der Waals surface area contributed by atoms with Gasteiger partial charge in [0.1, 0.15) is 0 Å². The zero-order valence-electron chi connectivity index (χ0n) is 11.7. The van der Waals surface area contributed by atoms with Gasteiger partial charge >= 0.3 is 0 Å². The van der Waals surface area contributed by atoms with Crippen molar-refractivity contribution >= 4 is 0 Å². The van der Waals surface area contributed by atoms with Crippen LogP contribution in [0.4, 0.5) is 0 Å². The Balaban J connectivity index is 2.50. The summed E-state index contributed by atoms with van der Waals surface area (Å²) in [7, 11) is 2.22. The van der Waals surface area contributed by atoms with E-state index >= 15 is 0 Å². The zero-order valence-corrected chi connectivity index (χ0v) is 11.7. The van der Waals surface area contributed by atoms with Crippen LogP contribution in [0.1, 0.15) is 27.7 Å². The normalized spacial score (nSPS) is 24.9. The maximum Gasteiger partial charge on any atom is 0.0277 e. The third-order valence-corrected chi connectivity index (χ3v) is 4.13. The molecule has 3 heteroatoms. The molecule has 2 N–H and O–H groups in total. The Kier molecular flexibility index (Phi) is 4.77. The van der Waals surface area contributed by atoms with Crippen LogP contribution in [0.3, 0.4) is 0 Å². The third-order valence-electron chi connectivity index (χ3n) is 4.13. The van der Waals surface area contributed by atoms with E-state index in [1.54, 1.807) is 0 Å². The minimum atomic E-state index is 0.300. The lowest BCUT2D eigenvalue weighted by molar-refractivity contribution is 0.0289. The highest BCUT2D eigenvalue weighted by Gasteiger charge is 2.31. The highest BCUT2D eigenvalue weighted by atomic mass is 15.3. The van der Waals surface area contributed by atoms with E-state index in [1.165, 1.54) is 13.1 Å². The largest absolute Gasteiger partial charge is 0.330 e. The number of hydrogen-bond acceptors (Lipinski definition) is 3. The standard InChI is InChI=1S/C13H29N3/c1-11(2)12(8-14)9-16-7-6-15(5)13(3,4)10-16/h11-12H,6-10,14H2,1-5H3. The van der Waals surface area contributed by atoms with Crippen molar-refractivity contribution in [3.63, 3.8) is 0 Å². The van der Waals surface area contributed by atoms with Gasteiger partial charge in [-0.15, -0.1) is 0 Å². The SMILES string of the molecule is CC(C)C(CN)CN1CCN(C)C(C)(C)C1. The first-order valence-corrected chi connectivity index (χ1v) is 6.50. The lowest BCUT2D eigenvalue weighted by Crippen LogP contribution is -2.58. The highest BCUT2D eigenvalue weighted by molar-refractivity contribution is 4.89. The molecule has 0 aromatic rings. The van der Waals surface area contributed by atoms with Gasteiger partial charge in [0.25, 0.3) is 0 Å². The summed E-state index contributed by atoms with van der Waals surface area (Å²) < 4.78 is 0. The van der Waals surface area contributed by atoms with E-state index in [0.717, 1.165) is 19.6 Å². The molecule has 1 atom stereocenters. The molecule has 96 valence electrons. The molecule has 1 heterocycles. The van der Waals surface area contributed by atoms with Crippen LogP contribution in [0, 0.1) is 11.8 Å². The van der Waals surface area contributed by atoms with Gasteiger partial charge < -0.3 is 5.73 Å².